The minimum atomic E-state index is 0.483. The summed E-state index contributed by atoms with van der Waals surface area (Å²) >= 11 is 0. The van der Waals surface area contributed by atoms with E-state index in [1.165, 1.54) is 57.8 Å². The van der Waals surface area contributed by atoms with Crippen molar-refractivity contribution < 1.29 is 0 Å². The lowest BCUT2D eigenvalue weighted by Gasteiger charge is -2.42. The van der Waals surface area contributed by atoms with E-state index in [2.05, 4.69) is 33.1 Å². The van der Waals surface area contributed by atoms with Crippen LogP contribution in [0.1, 0.15) is 78.6 Å². The van der Waals surface area contributed by atoms with Gasteiger partial charge in [0.25, 0.3) is 0 Å². The Labute approximate surface area is 120 Å². The monoisotopic (exact) mass is 265 g/mol. The molecular weight excluding hydrogens is 230 g/mol. The summed E-state index contributed by atoms with van der Waals surface area (Å²) in [7, 11) is 2.18. The van der Waals surface area contributed by atoms with Crippen LogP contribution in [-0.4, -0.2) is 13.1 Å². The number of nitrogens with one attached hydrogen (secondary N) is 1. The second kappa shape index (κ2) is 6.61. The molecule has 2 aliphatic carbocycles. The van der Waals surface area contributed by atoms with Crippen LogP contribution in [0.2, 0.25) is 0 Å². The molecule has 0 spiro atoms. The molecule has 0 aromatic heterocycles. The molecule has 0 heterocycles. The minimum Gasteiger partial charge on any atom is -0.317 e. The van der Waals surface area contributed by atoms with E-state index < -0.39 is 0 Å². The van der Waals surface area contributed by atoms with E-state index in [4.69, 9.17) is 0 Å². The van der Waals surface area contributed by atoms with E-state index in [9.17, 15) is 0 Å². The third-order valence-corrected chi connectivity index (χ3v) is 5.73. The van der Waals surface area contributed by atoms with Crippen molar-refractivity contribution in [3.05, 3.63) is 0 Å². The van der Waals surface area contributed by atoms with E-state index in [0.29, 0.717) is 5.41 Å². The van der Waals surface area contributed by atoms with Gasteiger partial charge in [-0.05, 0) is 62.3 Å². The van der Waals surface area contributed by atoms with Crippen LogP contribution in [0.25, 0.3) is 0 Å². The lowest BCUT2D eigenvalue weighted by atomic mass is 9.65. The first kappa shape index (κ1) is 15.4. The van der Waals surface area contributed by atoms with Gasteiger partial charge in [-0.25, -0.2) is 0 Å². The number of rotatable bonds is 4. The SMILES string of the molecule is CNC(CCC(C)(C)C)C1CCC2CCCCC2C1. The van der Waals surface area contributed by atoms with Gasteiger partial charge in [0.15, 0.2) is 0 Å². The van der Waals surface area contributed by atoms with Crippen molar-refractivity contribution in [2.45, 2.75) is 84.6 Å². The summed E-state index contributed by atoms with van der Waals surface area (Å²) < 4.78 is 0. The minimum absolute atomic E-state index is 0.483. The summed E-state index contributed by atoms with van der Waals surface area (Å²) in [4.78, 5) is 0. The summed E-state index contributed by atoms with van der Waals surface area (Å²) in [6.07, 6.45) is 13.3. The van der Waals surface area contributed by atoms with Crippen molar-refractivity contribution in [3.63, 3.8) is 0 Å². The Balaban J connectivity index is 1.85. The van der Waals surface area contributed by atoms with E-state index in [0.717, 1.165) is 23.8 Å². The molecule has 4 atom stereocenters. The lowest BCUT2D eigenvalue weighted by Crippen LogP contribution is -2.40. The Morgan fingerprint density at radius 2 is 1.68 bits per heavy atom. The zero-order chi connectivity index (χ0) is 13.9. The summed E-state index contributed by atoms with van der Waals surface area (Å²) in [5, 5.41) is 3.64. The number of fused-ring (bicyclic) bond motifs is 1. The van der Waals surface area contributed by atoms with Crippen molar-refractivity contribution in [3.8, 4) is 0 Å². The smallest absolute Gasteiger partial charge is 0.00926 e. The second-order valence-electron chi connectivity index (χ2n) is 8.37. The first-order chi connectivity index (χ1) is 8.99. The molecule has 0 aromatic carbocycles. The topological polar surface area (TPSA) is 12.0 Å². The summed E-state index contributed by atoms with van der Waals surface area (Å²) in [5.41, 5.74) is 0.483. The average Bonchev–Trinajstić information content (AvgIpc) is 2.38. The fraction of sp³-hybridized carbons (Fsp3) is 1.00. The summed E-state index contributed by atoms with van der Waals surface area (Å²) in [6, 6.07) is 0.766. The molecule has 1 heteroatoms. The van der Waals surface area contributed by atoms with Crippen molar-refractivity contribution in [2.75, 3.05) is 7.05 Å². The van der Waals surface area contributed by atoms with Gasteiger partial charge >= 0.3 is 0 Å². The molecular formula is C18H35N. The van der Waals surface area contributed by atoms with E-state index in [1.807, 2.05) is 0 Å². The van der Waals surface area contributed by atoms with Crippen LogP contribution in [-0.2, 0) is 0 Å². The van der Waals surface area contributed by atoms with Gasteiger partial charge in [0.05, 0.1) is 0 Å². The van der Waals surface area contributed by atoms with Crippen LogP contribution in [0.3, 0.4) is 0 Å². The Kier molecular flexibility index (Phi) is 5.34. The van der Waals surface area contributed by atoms with Crippen molar-refractivity contribution in [1.29, 1.82) is 0 Å². The molecule has 19 heavy (non-hydrogen) atoms. The van der Waals surface area contributed by atoms with Gasteiger partial charge in [0.1, 0.15) is 0 Å². The van der Waals surface area contributed by atoms with Crippen LogP contribution in [0.15, 0.2) is 0 Å². The van der Waals surface area contributed by atoms with Crippen molar-refractivity contribution >= 4 is 0 Å². The highest BCUT2D eigenvalue weighted by Crippen LogP contribution is 2.44. The standard InChI is InChI=1S/C18H35N/c1-18(2,3)12-11-17(19-4)16-10-9-14-7-5-6-8-15(14)13-16/h14-17,19H,5-13H2,1-4H3. The van der Waals surface area contributed by atoms with Gasteiger partial charge in [-0.15, -0.1) is 0 Å². The number of hydrogen-bond donors (Lipinski definition) is 1. The molecule has 2 rings (SSSR count). The predicted octanol–water partition coefficient (Wildman–Crippen LogP) is 5.01. The van der Waals surface area contributed by atoms with E-state index in [-0.39, 0.29) is 0 Å². The van der Waals surface area contributed by atoms with Crippen LogP contribution in [0.5, 0.6) is 0 Å². The molecule has 0 amide bonds. The molecule has 0 saturated heterocycles. The molecule has 2 saturated carbocycles. The Bertz CT molecular complexity index is 265. The van der Waals surface area contributed by atoms with Gasteiger partial charge in [0.2, 0.25) is 0 Å². The molecule has 4 unspecified atom stereocenters. The summed E-state index contributed by atoms with van der Waals surface area (Å²) in [6.45, 7) is 7.12. The molecule has 0 radical (unpaired) electrons. The average molecular weight is 265 g/mol. The molecule has 1 nitrogen and oxygen atoms in total. The second-order valence-corrected chi connectivity index (χ2v) is 8.37. The molecule has 0 aliphatic heterocycles. The normalized spacial score (nSPS) is 33.8. The van der Waals surface area contributed by atoms with Crippen LogP contribution in [0.4, 0.5) is 0 Å². The molecule has 0 aromatic rings. The molecule has 2 fully saturated rings. The van der Waals surface area contributed by atoms with Crippen molar-refractivity contribution in [2.24, 2.45) is 23.2 Å². The number of hydrogen-bond acceptors (Lipinski definition) is 1. The fourth-order valence-corrected chi connectivity index (χ4v) is 4.48. The first-order valence-corrected chi connectivity index (χ1v) is 8.67. The zero-order valence-electron chi connectivity index (χ0n) is 13.7. The third kappa shape index (κ3) is 4.48. The first-order valence-electron chi connectivity index (χ1n) is 8.67. The lowest BCUT2D eigenvalue weighted by molar-refractivity contribution is 0.106. The maximum Gasteiger partial charge on any atom is 0.00926 e. The van der Waals surface area contributed by atoms with Gasteiger partial charge in [-0.3, -0.25) is 0 Å². The van der Waals surface area contributed by atoms with Crippen LogP contribution in [0, 0.1) is 23.2 Å². The summed E-state index contributed by atoms with van der Waals surface area (Å²) in [5.74, 6) is 3.11. The molecule has 2 aliphatic rings. The quantitative estimate of drug-likeness (QED) is 0.753. The fourth-order valence-electron chi connectivity index (χ4n) is 4.48. The Morgan fingerprint density at radius 1 is 1.00 bits per heavy atom. The van der Waals surface area contributed by atoms with Crippen molar-refractivity contribution in [1.82, 2.24) is 5.32 Å². The van der Waals surface area contributed by atoms with Gasteiger partial charge in [-0.2, -0.15) is 0 Å². The maximum atomic E-state index is 3.64. The Hall–Kier alpha value is -0.0400. The van der Waals surface area contributed by atoms with Crippen LogP contribution >= 0.6 is 0 Å². The highest BCUT2D eigenvalue weighted by Gasteiger charge is 2.35. The Morgan fingerprint density at radius 3 is 2.32 bits per heavy atom. The predicted molar refractivity (Wildman–Crippen MR) is 84.3 cm³/mol. The highest BCUT2D eigenvalue weighted by atomic mass is 14.9. The van der Waals surface area contributed by atoms with E-state index in [1.54, 1.807) is 0 Å². The van der Waals surface area contributed by atoms with E-state index >= 15 is 0 Å². The molecule has 112 valence electrons. The highest BCUT2D eigenvalue weighted by molar-refractivity contribution is 4.88. The third-order valence-electron chi connectivity index (χ3n) is 5.73. The molecule has 1 N–H and O–H groups in total. The zero-order valence-corrected chi connectivity index (χ0v) is 13.7. The van der Waals surface area contributed by atoms with Gasteiger partial charge in [-0.1, -0.05) is 46.5 Å². The van der Waals surface area contributed by atoms with Gasteiger partial charge < -0.3 is 5.32 Å². The maximum absolute atomic E-state index is 3.64. The largest absolute Gasteiger partial charge is 0.317 e. The van der Waals surface area contributed by atoms with Crippen LogP contribution < -0.4 is 5.32 Å². The van der Waals surface area contributed by atoms with Gasteiger partial charge in [0, 0.05) is 6.04 Å². The molecule has 0 bridgehead atoms.